The van der Waals surface area contributed by atoms with Crippen molar-refractivity contribution >= 4 is 43.4 Å². The Morgan fingerprint density at radius 3 is 2.77 bits per heavy atom. The van der Waals surface area contributed by atoms with Crippen molar-refractivity contribution in [2.24, 2.45) is 4.99 Å². The summed E-state index contributed by atoms with van der Waals surface area (Å²) >= 11 is 1.73. The molecule has 2 aromatic heterocycles. The predicted octanol–water partition coefficient (Wildman–Crippen LogP) is 3.27. The van der Waals surface area contributed by atoms with Crippen LogP contribution in [0.5, 0.6) is 0 Å². The first-order chi connectivity index (χ1) is 12.5. The lowest BCUT2D eigenvalue weighted by Crippen LogP contribution is -2.27. The van der Waals surface area contributed by atoms with Gasteiger partial charge in [0.2, 0.25) is 0 Å². The third kappa shape index (κ3) is 2.89. The summed E-state index contributed by atoms with van der Waals surface area (Å²) in [4.78, 5) is 11.9. The number of hydrogen-bond donors (Lipinski definition) is 1. The average molecular weight is 387 g/mol. The number of aliphatic imine (C=N–C) groups is 1. The van der Waals surface area contributed by atoms with E-state index in [-0.39, 0.29) is 5.03 Å². The van der Waals surface area contributed by atoms with Crippen molar-refractivity contribution in [2.45, 2.75) is 17.2 Å². The second-order valence-corrected chi connectivity index (χ2v) is 9.48. The number of sulfonamides is 1. The summed E-state index contributed by atoms with van der Waals surface area (Å²) < 4.78 is 27.1. The number of fused-ring (bicyclic) bond motifs is 1. The monoisotopic (exact) mass is 386 g/mol. The molecular weight excluding hydrogens is 368 g/mol. The molecule has 0 saturated heterocycles. The van der Waals surface area contributed by atoms with Gasteiger partial charge in [0.15, 0.2) is 5.03 Å². The van der Waals surface area contributed by atoms with Crippen LogP contribution in [0.25, 0.3) is 10.9 Å². The highest BCUT2D eigenvalue weighted by molar-refractivity contribution is 8.15. The molecule has 4 rings (SSSR count). The molecule has 8 heteroatoms. The summed E-state index contributed by atoms with van der Waals surface area (Å²) in [5, 5.41) is 2.40. The van der Waals surface area contributed by atoms with Gasteiger partial charge in [-0.05, 0) is 24.3 Å². The van der Waals surface area contributed by atoms with E-state index in [4.69, 9.17) is 0 Å². The average Bonchev–Trinajstić information content (AvgIpc) is 3.27. The Kier molecular flexibility index (Phi) is 4.24. The first-order valence-corrected chi connectivity index (χ1v) is 10.5. The Bertz CT molecular complexity index is 1090. The van der Waals surface area contributed by atoms with Crippen LogP contribution in [-0.2, 0) is 10.0 Å². The third-order valence-electron chi connectivity index (χ3n) is 4.27. The number of para-hydroxylation sites is 1. The smallest absolute Gasteiger partial charge is 0.281 e. The number of pyridine rings is 1. The molecule has 0 fully saturated rings. The second kappa shape index (κ2) is 6.44. The van der Waals surface area contributed by atoms with Crippen LogP contribution in [-0.4, -0.2) is 42.3 Å². The summed E-state index contributed by atoms with van der Waals surface area (Å²) in [6, 6.07) is 12.5. The minimum Gasteiger partial charge on any atom is -0.351 e. The van der Waals surface area contributed by atoms with Crippen LogP contribution in [0.15, 0.2) is 58.7 Å². The lowest BCUT2D eigenvalue weighted by atomic mass is 10.2. The van der Waals surface area contributed by atoms with Gasteiger partial charge in [-0.3, -0.25) is 9.30 Å². The Morgan fingerprint density at radius 2 is 2.08 bits per heavy atom. The molecule has 0 saturated carbocycles. The van der Waals surface area contributed by atoms with Crippen molar-refractivity contribution < 1.29 is 8.42 Å². The van der Waals surface area contributed by atoms with Gasteiger partial charge in [0.25, 0.3) is 10.0 Å². The number of nitrogens with one attached hydrogen (secondary N) is 1. The number of hydrogen-bond acceptors (Lipinski definition) is 5. The van der Waals surface area contributed by atoms with Crippen LogP contribution < -0.4 is 4.31 Å². The van der Waals surface area contributed by atoms with Crippen LogP contribution in [0.1, 0.15) is 12.6 Å². The number of benzene rings is 1. The first-order valence-electron chi connectivity index (χ1n) is 8.20. The van der Waals surface area contributed by atoms with Crippen molar-refractivity contribution in [3.8, 4) is 0 Å². The normalized spacial score (nSPS) is 17.5. The van der Waals surface area contributed by atoms with Crippen LogP contribution in [0.4, 0.5) is 5.69 Å². The van der Waals surface area contributed by atoms with Gasteiger partial charge in [-0.1, -0.05) is 36.9 Å². The zero-order chi connectivity index (χ0) is 18.3. The molecule has 1 atom stereocenters. The molecule has 3 heterocycles. The Balaban J connectivity index is 1.78. The van der Waals surface area contributed by atoms with Gasteiger partial charge in [0.1, 0.15) is 5.04 Å². The van der Waals surface area contributed by atoms with Crippen molar-refractivity contribution in [1.82, 2.24) is 9.97 Å². The number of nitrogens with zero attached hydrogens (tertiary/aromatic N) is 3. The predicted molar refractivity (Wildman–Crippen MR) is 107 cm³/mol. The lowest BCUT2D eigenvalue weighted by Gasteiger charge is -2.19. The molecule has 1 N–H and O–H groups in total. The molecule has 1 unspecified atom stereocenters. The number of aromatic amines is 1. The number of aromatic nitrogens is 2. The van der Waals surface area contributed by atoms with Crippen molar-refractivity contribution in [1.29, 1.82) is 0 Å². The molecular formula is C18H18N4O2S2. The van der Waals surface area contributed by atoms with Crippen LogP contribution in [0, 0.1) is 0 Å². The highest BCUT2D eigenvalue weighted by atomic mass is 32.2. The SMILES string of the molecule is CC1CN=C(c2cc3cccc(N(C)S(=O)(=O)c4ccccn4)c3[nH]2)S1. The third-order valence-corrected chi connectivity index (χ3v) is 7.08. The summed E-state index contributed by atoms with van der Waals surface area (Å²) in [6.45, 7) is 2.94. The zero-order valence-electron chi connectivity index (χ0n) is 14.4. The van der Waals surface area contributed by atoms with Crippen molar-refractivity contribution in [3.05, 3.63) is 54.4 Å². The van der Waals surface area contributed by atoms with E-state index in [1.807, 2.05) is 18.2 Å². The highest BCUT2D eigenvalue weighted by Crippen LogP contribution is 2.32. The molecule has 1 aliphatic rings. The molecule has 0 radical (unpaired) electrons. The standard InChI is InChI=1S/C18H18N4O2S2/c1-12-11-20-18(25-12)14-10-13-6-5-7-15(17(13)21-14)22(2)26(23,24)16-8-3-4-9-19-16/h3-10,12,21H,11H2,1-2H3. The maximum atomic E-state index is 12.9. The number of H-pyrrole nitrogens is 1. The van der Waals surface area contributed by atoms with Crippen LogP contribution in [0.3, 0.4) is 0 Å². The highest BCUT2D eigenvalue weighted by Gasteiger charge is 2.25. The van der Waals surface area contributed by atoms with Gasteiger partial charge in [0.05, 0.1) is 23.4 Å². The summed E-state index contributed by atoms with van der Waals surface area (Å²) in [5.74, 6) is 0. The first kappa shape index (κ1) is 17.1. The molecule has 3 aromatic rings. The molecule has 134 valence electrons. The summed E-state index contributed by atoms with van der Waals surface area (Å²) in [5.41, 5.74) is 2.27. The van der Waals surface area contributed by atoms with E-state index in [1.165, 1.54) is 16.6 Å². The molecule has 1 aliphatic heterocycles. The van der Waals surface area contributed by atoms with Crippen molar-refractivity contribution in [3.63, 3.8) is 0 Å². The quantitative estimate of drug-likeness (QED) is 0.746. The summed E-state index contributed by atoms with van der Waals surface area (Å²) in [6.07, 6.45) is 1.48. The molecule has 0 spiro atoms. The number of anilines is 1. The minimum atomic E-state index is -3.74. The topological polar surface area (TPSA) is 78.4 Å². The molecule has 26 heavy (non-hydrogen) atoms. The minimum absolute atomic E-state index is 0.0239. The molecule has 0 bridgehead atoms. The van der Waals surface area contributed by atoms with Gasteiger partial charge in [-0.2, -0.15) is 8.42 Å². The Hall–Kier alpha value is -2.32. The van der Waals surface area contributed by atoms with Gasteiger partial charge in [-0.15, -0.1) is 0 Å². The largest absolute Gasteiger partial charge is 0.351 e. The van der Waals surface area contributed by atoms with E-state index in [9.17, 15) is 8.42 Å². The molecule has 0 aliphatic carbocycles. The maximum absolute atomic E-state index is 12.9. The zero-order valence-corrected chi connectivity index (χ0v) is 16.0. The lowest BCUT2D eigenvalue weighted by molar-refractivity contribution is 0.590. The second-order valence-electron chi connectivity index (χ2n) is 6.14. The fourth-order valence-electron chi connectivity index (χ4n) is 2.91. The van der Waals surface area contributed by atoms with E-state index in [0.29, 0.717) is 10.9 Å². The van der Waals surface area contributed by atoms with Crippen LogP contribution >= 0.6 is 11.8 Å². The van der Waals surface area contributed by atoms with Gasteiger partial charge in [0, 0.05) is 23.9 Å². The van der Waals surface area contributed by atoms with Crippen LogP contribution in [0.2, 0.25) is 0 Å². The van der Waals surface area contributed by atoms with Gasteiger partial charge < -0.3 is 4.98 Å². The van der Waals surface area contributed by atoms with E-state index >= 15 is 0 Å². The Morgan fingerprint density at radius 1 is 1.23 bits per heavy atom. The number of thioether (sulfide) groups is 1. The van der Waals surface area contributed by atoms with Gasteiger partial charge in [-0.25, -0.2) is 4.98 Å². The Labute approximate surface area is 156 Å². The molecule has 6 nitrogen and oxygen atoms in total. The van der Waals surface area contributed by atoms with E-state index in [2.05, 4.69) is 21.9 Å². The fourth-order valence-corrected chi connectivity index (χ4v) is 4.96. The van der Waals surface area contributed by atoms with E-state index in [1.54, 1.807) is 37.0 Å². The fraction of sp³-hybridized carbons (Fsp3) is 0.222. The summed E-state index contributed by atoms with van der Waals surface area (Å²) in [7, 11) is -2.19. The van der Waals surface area contributed by atoms with E-state index in [0.717, 1.165) is 28.2 Å². The van der Waals surface area contributed by atoms with E-state index < -0.39 is 10.0 Å². The number of rotatable bonds is 4. The molecule has 1 aromatic carbocycles. The maximum Gasteiger partial charge on any atom is 0.281 e. The van der Waals surface area contributed by atoms with Crippen molar-refractivity contribution in [2.75, 3.05) is 17.9 Å². The van der Waals surface area contributed by atoms with Gasteiger partial charge >= 0.3 is 0 Å². The molecule has 0 amide bonds.